The first kappa shape index (κ1) is 22.9. The average molecular weight is 354 g/mol. The van der Waals surface area contributed by atoms with Gasteiger partial charge in [0, 0.05) is 39.3 Å². The summed E-state index contributed by atoms with van der Waals surface area (Å²) in [5.41, 5.74) is 0. The van der Waals surface area contributed by atoms with Gasteiger partial charge in [-0.1, -0.05) is 78.1 Å². The molecule has 1 saturated heterocycles. The number of hydrogen-bond acceptors (Lipinski definition) is 3. The van der Waals surface area contributed by atoms with Crippen molar-refractivity contribution in [2.24, 2.45) is 0 Å². The van der Waals surface area contributed by atoms with Crippen LogP contribution in [0.2, 0.25) is 0 Å². The molecule has 0 aliphatic carbocycles. The van der Waals surface area contributed by atoms with E-state index in [0.29, 0.717) is 0 Å². The SMILES string of the molecule is CCCCCCCCCCCCCNCCN1CCN(CCC)CC1. The van der Waals surface area contributed by atoms with E-state index in [0.717, 1.165) is 0 Å². The Balaban J connectivity index is 1.74. The second-order valence-corrected chi connectivity index (χ2v) is 7.97. The zero-order valence-corrected chi connectivity index (χ0v) is 17.5. The molecule has 1 rings (SSSR count). The van der Waals surface area contributed by atoms with Crippen LogP contribution in [0.4, 0.5) is 0 Å². The summed E-state index contributed by atoms with van der Waals surface area (Å²) in [4.78, 5) is 5.23. The molecule has 0 radical (unpaired) electrons. The van der Waals surface area contributed by atoms with E-state index in [1.165, 1.54) is 129 Å². The maximum atomic E-state index is 3.64. The zero-order chi connectivity index (χ0) is 18.0. The monoisotopic (exact) mass is 353 g/mol. The highest BCUT2D eigenvalue weighted by Gasteiger charge is 2.14. The van der Waals surface area contributed by atoms with Gasteiger partial charge in [0.1, 0.15) is 0 Å². The highest BCUT2D eigenvalue weighted by atomic mass is 15.3. The van der Waals surface area contributed by atoms with E-state index in [1.807, 2.05) is 0 Å². The lowest BCUT2D eigenvalue weighted by molar-refractivity contribution is 0.133. The Bertz CT molecular complexity index is 262. The van der Waals surface area contributed by atoms with Crippen LogP contribution in [-0.4, -0.2) is 62.2 Å². The molecule has 0 unspecified atom stereocenters. The van der Waals surface area contributed by atoms with Crippen LogP contribution < -0.4 is 5.32 Å². The van der Waals surface area contributed by atoms with Crippen LogP contribution in [0.1, 0.15) is 90.9 Å². The Kier molecular flexibility index (Phi) is 15.9. The van der Waals surface area contributed by atoms with Gasteiger partial charge in [-0.25, -0.2) is 0 Å². The van der Waals surface area contributed by atoms with E-state index in [4.69, 9.17) is 0 Å². The molecule has 1 aliphatic rings. The highest BCUT2D eigenvalue weighted by molar-refractivity contribution is 4.72. The van der Waals surface area contributed by atoms with Crippen molar-refractivity contribution >= 4 is 0 Å². The van der Waals surface area contributed by atoms with Gasteiger partial charge in [0.25, 0.3) is 0 Å². The third-order valence-corrected chi connectivity index (χ3v) is 5.57. The molecule has 1 heterocycles. The van der Waals surface area contributed by atoms with Gasteiger partial charge >= 0.3 is 0 Å². The molecule has 1 aliphatic heterocycles. The van der Waals surface area contributed by atoms with Crippen LogP contribution in [-0.2, 0) is 0 Å². The van der Waals surface area contributed by atoms with Crippen LogP contribution in [0.3, 0.4) is 0 Å². The number of nitrogens with zero attached hydrogens (tertiary/aromatic N) is 2. The Hall–Kier alpha value is -0.120. The van der Waals surface area contributed by atoms with E-state index >= 15 is 0 Å². The van der Waals surface area contributed by atoms with Crippen LogP contribution in [0.25, 0.3) is 0 Å². The van der Waals surface area contributed by atoms with Crippen molar-refractivity contribution in [1.82, 2.24) is 15.1 Å². The zero-order valence-electron chi connectivity index (χ0n) is 17.5. The van der Waals surface area contributed by atoms with Gasteiger partial charge in [0.15, 0.2) is 0 Å². The average Bonchev–Trinajstić information content (AvgIpc) is 2.63. The summed E-state index contributed by atoms with van der Waals surface area (Å²) < 4.78 is 0. The third-order valence-electron chi connectivity index (χ3n) is 5.57. The van der Waals surface area contributed by atoms with E-state index < -0.39 is 0 Å². The first-order valence-electron chi connectivity index (χ1n) is 11.5. The molecule has 0 aromatic carbocycles. The second kappa shape index (κ2) is 17.3. The van der Waals surface area contributed by atoms with E-state index in [2.05, 4.69) is 29.0 Å². The largest absolute Gasteiger partial charge is 0.315 e. The number of hydrogen-bond donors (Lipinski definition) is 1. The van der Waals surface area contributed by atoms with Crippen molar-refractivity contribution in [3.8, 4) is 0 Å². The minimum absolute atomic E-state index is 1.17. The summed E-state index contributed by atoms with van der Waals surface area (Å²) in [6.45, 7) is 14.6. The lowest BCUT2D eigenvalue weighted by Gasteiger charge is -2.34. The molecule has 0 aromatic heterocycles. The fourth-order valence-electron chi connectivity index (χ4n) is 3.83. The third kappa shape index (κ3) is 13.7. The quantitative estimate of drug-likeness (QED) is 0.375. The molecule has 0 atom stereocenters. The number of rotatable bonds is 17. The summed E-state index contributed by atoms with van der Waals surface area (Å²) in [7, 11) is 0. The molecule has 0 aromatic rings. The molecule has 3 nitrogen and oxygen atoms in total. The summed E-state index contributed by atoms with van der Waals surface area (Å²) in [6.07, 6.45) is 17.1. The molecule has 0 amide bonds. The number of nitrogens with one attached hydrogen (secondary N) is 1. The predicted octanol–water partition coefficient (Wildman–Crippen LogP) is 4.91. The molecule has 150 valence electrons. The van der Waals surface area contributed by atoms with Crippen LogP contribution >= 0.6 is 0 Å². The van der Waals surface area contributed by atoms with Gasteiger partial charge in [0.2, 0.25) is 0 Å². The topological polar surface area (TPSA) is 18.5 Å². The fraction of sp³-hybridized carbons (Fsp3) is 1.00. The molecular formula is C22H47N3. The van der Waals surface area contributed by atoms with Crippen LogP contribution in [0, 0.1) is 0 Å². The molecule has 3 heteroatoms. The Morgan fingerprint density at radius 1 is 0.520 bits per heavy atom. The molecule has 25 heavy (non-hydrogen) atoms. The second-order valence-electron chi connectivity index (χ2n) is 7.97. The van der Waals surface area contributed by atoms with Gasteiger partial charge < -0.3 is 10.2 Å². The number of piperazine rings is 1. The lowest BCUT2D eigenvalue weighted by atomic mass is 10.1. The van der Waals surface area contributed by atoms with Crippen LogP contribution in [0.15, 0.2) is 0 Å². The van der Waals surface area contributed by atoms with Gasteiger partial charge in [-0.3, -0.25) is 4.90 Å². The van der Waals surface area contributed by atoms with Crippen molar-refractivity contribution in [2.75, 3.05) is 52.4 Å². The minimum atomic E-state index is 1.17. The number of unbranched alkanes of at least 4 members (excludes halogenated alkanes) is 10. The van der Waals surface area contributed by atoms with Crippen molar-refractivity contribution in [2.45, 2.75) is 90.9 Å². The smallest absolute Gasteiger partial charge is 0.0110 e. The van der Waals surface area contributed by atoms with Crippen LogP contribution in [0.5, 0.6) is 0 Å². The van der Waals surface area contributed by atoms with E-state index in [1.54, 1.807) is 0 Å². The first-order valence-corrected chi connectivity index (χ1v) is 11.5. The lowest BCUT2D eigenvalue weighted by Crippen LogP contribution is -2.48. The summed E-state index contributed by atoms with van der Waals surface area (Å²) in [6, 6.07) is 0. The van der Waals surface area contributed by atoms with Gasteiger partial charge in [0.05, 0.1) is 0 Å². The Labute approximate surface area is 158 Å². The molecular weight excluding hydrogens is 306 g/mol. The van der Waals surface area contributed by atoms with E-state index in [-0.39, 0.29) is 0 Å². The molecule has 0 spiro atoms. The molecule has 0 saturated carbocycles. The van der Waals surface area contributed by atoms with Crippen molar-refractivity contribution in [1.29, 1.82) is 0 Å². The molecule has 0 bridgehead atoms. The van der Waals surface area contributed by atoms with Crippen molar-refractivity contribution < 1.29 is 0 Å². The van der Waals surface area contributed by atoms with Gasteiger partial charge in [-0.05, 0) is 25.9 Å². The fourth-order valence-corrected chi connectivity index (χ4v) is 3.83. The maximum Gasteiger partial charge on any atom is 0.0110 e. The predicted molar refractivity (Wildman–Crippen MR) is 113 cm³/mol. The normalized spacial score (nSPS) is 16.6. The standard InChI is InChI=1S/C22H47N3/c1-3-5-6-7-8-9-10-11-12-13-14-15-23-16-18-25-21-19-24(17-4-2)20-22-25/h23H,3-22H2,1-2H3. The Morgan fingerprint density at radius 2 is 1.00 bits per heavy atom. The highest BCUT2D eigenvalue weighted by Crippen LogP contribution is 2.11. The maximum absolute atomic E-state index is 3.64. The van der Waals surface area contributed by atoms with Gasteiger partial charge in [-0.2, -0.15) is 0 Å². The minimum Gasteiger partial charge on any atom is -0.315 e. The summed E-state index contributed by atoms with van der Waals surface area (Å²) in [5, 5.41) is 3.64. The summed E-state index contributed by atoms with van der Waals surface area (Å²) in [5.74, 6) is 0. The molecule has 1 fully saturated rings. The summed E-state index contributed by atoms with van der Waals surface area (Å²) >= 11 is 0. The van der Waals surface area contributed by atoms with Crippen molar-refractivity contribution in [3.63, 3.8) is 0 Å². The Morgan fingerprint density at radius 3 is 1.52 bits per heavy atom. The van der Waals surface area contributed by atoms with Crippen molar-refractivity contribution in [3.05, 3.63) is 0 Å². The van der Waals surface area contributed by atoms with Gasteiger partial charge in [-0.15, -0.1) is 0 Å². The van der Waals surface area contributed by atoms with E-state index in [9.17, 15) is 0 Å². The first-order chi connectivity index (χ1) is 12.4. The molecule has 1 N–H and O–H groups in total.